The topological polar surface area (TPSA) is 3.24 Å². The Labute approximate surface area is 105 Å². The third-order valence-corrected chi connectivity index (χ3v) is 3.47. The Morgan fingerprint density at radius 1 is 1.18 bits per heavy atom. The lowest BCUT2D eigenvalue weighted by Crippen LogP contribution is -2.21. The average Bonchev–Trinajstić information content (AvgIpc) is 2.36. The molecule has 0 aliphatic heterocycles. The Bertz CT molecular complexity index is 307. The van der Waals surface area contributed by atoms with Crippen LogP contribution in [0.5, 0.6) is 0 Å². The van der Waals surface area contributed by atoms with Crippen LogP contribution in [-0.2, 0) is 6.42 Å². The summed E-state index contributed by atoms with van der Waals surface area (Å²) < 4.78 is 12.8. The molecule has 1 aromatic rings. The highest BCUT2D eigenvalue weighted by atomic mass is 19.1. The zero-order chi connectivity index (χ0) is 12.7. The molecule has 17 heavy (non-hydrogen) atoms. The summed E-state index contributed by atoms with van der Waals surface area (Å²) in [6, 6.07) is 6.92. The van der Waals surface area contributed by atoms with Crippen LogP contribution in [0.25, 0.3) is 0 Å². The summed E-state index contributed by atoms with van der Waals surface area (Å²) in [7, 11) is 2.16. The number of rotatable bonds is 7. The lowest BCUT2D eigenvalue weighted by atomic mass is 9.93. The Kier molecular flexibility index (Phi) is 6.20. The second-order valence-electron chi connectivity index (χ2n) is 4.79. The fraction of sp³-hybridized carbons (Fsp3) is 0.600. The van der Waals surface area contributed by atoms with E-state index in [-0.39, 0.29) is 5.82 Å². The first-order valence-electron chi connectivity index (χ1n) is 6.58. The highest BCUT2D eigenvalue weighted by Gasteiger charge is 2.08. The minimum absolute atomic E-state index is 0.146. The van der Waals surface area contributed by atoms with Gasteiger partial charge in [0, 0.05) is 0 Å². The molecule has 0 aliphatic carbocycles. The largest absolute Gasteiger partial charge is 0.307 e. The van der Waals surface area contributed by atoms with Crippen molar-refractivity contribution in [3.8, 4) is 0 Å². The summed E-state index contributed by atoms with van der Waals surface area (Å²) in [5.74, 6) is 0.557. The van der Waals surface area contributed by atoms with Gasteiger partial charge in [-0.05, 0) is 56.6 Å². The summed E-state index contributed by atoms with van der Waals surface area (Å²) in [4.78, 5) is 2.34. The van der Waals surface area contributed by atoms with Crippen LogP contribution in [0.1, 0.15) is 32.3 Å². The highest BCUT2D eigenvalue weighted by molar-refractivity contribution is 5.16. The predicted octanol–water partition coefficient (Wildman–Crippen LogP) is 3.74. The Hall–Kier alpha value is -0.890. The quantitative estimate of drug-likeness (QED) is 0.698. The van der Waals surface area contributed by atoms with Gasteiger partial charge in [-0.25, -0.2) is 4.39 Å². The van der Waals surface area contributed by atoms with Crippen molar-refractivity contribution >= 4 is 0 Å². The molecule has 0 fully saturated rings. The lowest BCUT2D eigenvalue weighted by Gasteiger charge is -2.19. The van der Waals surface area contributed by atoms with Gasteiger partial charge in [-0.3, -0.25) is 0 Å². The fourth-order valence-corrected chi connectivity index (χ4v) is 1.97. The van der Waals surface area contributed by atoms with Crippen LogP contribution in [0.3, 0.4) is 0 Å². The minimum atomic E-state index is -0.146. The third kappa shape index (κ3) is 5.31. The van der Waals surface area contributed by atoms with Crippen molar-refractivity contribution in [2.45, 2.75) is 33.1 Å². The van der Waals surface area contributed by atoms with Crippen LogP contribution in [0, 0.1) is 11.7 Å². The number of halogens is 1. The molecule has 0 aromatic heterocycles. The van der Waals surface area contributed by atoms with Crippen LogP contribution >= 0.6 is 0 Å². The van der Waals surface area contributed by atoms with E-state index in [1.807, 2.05) is 12.1 Å². The minimum Gasteiger partial charge on any atom is -0.307 e. The van der Waals surface area contributed by atoms with E-state index >= 15 is 0 Å². The first-order valence-corrected chi connectivity index (χ1v) is 6.58. The molecule has 0 heterocycles. The van der Waals surface area contributed by atoms with Crippen molar-refractivity contribution in [1.29, 1.82) is 0 Å². The molecule has 1 rings (SSSR count). The van der Waals surface area contributed by atoms with Gasteiger partial charge in [0.25, 0.3) is 0 Å². The zero-order valence-corrected chi connectivity index (χ0v) is 11.2. The van der Waals surface area contributed by atoms with E-state index in [2.05, 4.69) is 25.8 Å². The Morgan fingerprint density at radius 2 is 1.82 bits per heavy atom. The SMILES string of the molecule is CCC(CCN(C)CC)Cc1ccc(F)cc1. The summed E-state index contributed by atoms with van der Waals surface area (Å²) in [5, 5.41) is 0. The normalized spacial score (nSPS) is 13.0. The van der Waals surface area contributed by atoms with Crippen molar-refractivity contribution in [2.75, 3.05) is 20.1 Å². The van der Waals surface area contributed by atoms with Gasteiger partial charge in [0.2, 0.25) is 0 Å². The van der Waals surface area contributed by atoms with Crippen LogP contribution < -0.4 is 0 Å². The zero-order valence-electron chi connectivity index (χ0n) is 11.2. The van der Waals surface area contributed by atoms with E-state index in [1.54, 1.807) is 12.1 Å². The monoisotopic (exact) mass is 237 g/mol. The molecule has 2 heteroatoms. The van der Waals surface area contributed by atoms with E-state index < -0.39 is 0 Å². The van der Waals surface area contributed by atoms with E-state index in [0.29, 0.717) is 5.92 Å². The molecule has 0 amide bonds. The molecule has 0 N–H and O–H groups in total. The molecule has 96 valence electrons. The molecule has 0 saturated heterocycles. The molecular formula is C15H24FN. The van der Waals surface area contributed by atoms with Gasteiger partial charge in [0.15, 0.2) is 0 Å². The summed E-state index contributed by atoms with van der Waals surface area (Å²) in [6.45, 7) is 6.67. The molecule has 0 spiro atoms. The molecule has 1 unspecified atom stereocenters. The predicted molar refractivity (Wildman–Crippen MR) is 71.7 cm³/mol. The molecule has 0 saturated carbocycles. The van der Waals surface area contributed by atoms with Gasteiger partial charge in [-0.15, -0.1) is 0 Å². The van der Waals surface area contributed by atoms with Crippen molar-refractivity contribution < 1.29 is 4.39 Å². The van der Waals surface area contributed by atoms with E-state index in [9.17, 15) is 4.39 Å². The highest BCUT2D eigenvalue weighted by Crippen LogP contribution is 2.16. The van der Waals surface area contributed by atoms with E-state index in [4.69, 9.17) is 0 Å². The average molecular weight is 237 g/mol. The van der Waals surface area contributed by atoms with E-state index in [0.717, 1.165) is 19.5 Å². The van der Waals surface area contributed by atoms with Crippen LogP contribution in [0.15, 0.2) is 24.3 Å². The van der Waals surface area contributed by atoms with Gasteiger partial charge in [0.1, 0.15) is 5.82 Å². The maximum absolute atomic E-state index is 12.8. The summed E-state index contributed by atoms with van der Waals surface area (Å²) >= 11 is 0. The maximum atomic E-state index is 12.8. The van der Waals surface area contributed by atoms with Crippen molar-refractivity contribution in [1.82, 2.24) is 4.90 Å². The molecule has 0 bridgehead atoms. The number of nitrogens with zero attached hydrogens (tertiary/aromatic N) is 1. The lowest BCUT2D eigenvalue weighted by molar-refractivity contribution is 0.308. The summed E-state index contributed by atoms with van der Waals surface area (Å²) in [5.41, 5.74) is 1.25. The molecule has 1 nitrogen and oxygen atoms in total. The molecule has 0 radical (unpaired) electrons. The number of benzene rings is 1. The number of hydrogen-bond acceptors (Lipinski definition) is 1. The van der Waals surface area contributed by atoms with Crippen LogP contribution in [0.2, 0.25) is 0 Å². The maximum Gasteiger partial charge on any atom is 0.123 e. The van der Waals surface area contributed by atoms with Gasteiger partial charge >= 0.3 is 0 Å². The second-order valence-corrected chi connectivity index (χ2v) is 4.79. The standard InChI is InChI=1S/C15H24FN/c1-4-13(10-11-17(3)5-2)12-14-6-8-15(16)9-7-14/h6-9,13H,4-5,10-12H2,1-3H3. The van der Waals surface area contributed by atoms with Gasteiger partial charge in [0.05, 0.1) is 0 Å². The fourth-order valence-electron chi connectivity index (χ4n) is 1.97. The van der Waals surface area contributed by atoms with Crippen molar-refractivity contribution in [3.63, 3.8) is 0 Å². The smallest absolute Gasteiger partial charge is 0.123 e. The Balaban J connectivity index is 2.43. The van der Waals surface area contributed by atoms with E-state index in [1.165, 1.54) is 18.4 Å². The number of hydrogen-bond donors (Lipinski definition) is 0. The second kappa shape index (κ2) is 7.44. The van der Waals surface area contributed by atoms with Gasteiger partial charge in [-0.1, -0.05) is 32.4 Å². The first kappa shape index (κ1) is 14.2. The molecule has 1 aromatic carbocycles. The molecule has 1 atom stereocenters. The summed E-state index contributed by atoms with van der Waals surface area (Å²) in [6.07, 6.45) is 3.47. The van der Waals surface area contributed by atoms with Crippen LogP contribution in [-0.4, -0.2) is 25.0 Å². The van der Waals surface area contributed by atoms with Gasteiger partial charge < -0.3 is 4.90 Å². The molecular weight excluding hydrogens is 213 g/mol. The van der Waals surface area contributed by atoms with Crippen LogP contribution in [0.4, 0.5) is 4.39 Å². The third-order valence-electron chi connectivity index (χ3n) is 3.47. The Morgan fingerprint density at radius 3 is 2.35 bits per heavy atom. The van der Waals surface area contributed by atoms with Gasteiger partial charge in [-0.2, -0.15) is 0 Å². The van der Waals surface area contributed by atoms with Crippen molar-refractivity contribution in [2.24, 2.45) is 5.92 Å². The van der Waals surface area contributed by atoms with Crippen molar-refractivity contribution in [3.05, 3.63) is 35.6 Å². The first-order chi connectivity index (χ1) is 8.15. The molecule has 0 aliphatic rings.